The van der Waals surface area contributed by atoms with Crippen molar-refractivity contribution in [2.75, 3.05) is 13.1 Å². The third-order valence-electron chi connectivity index (χ3n) is 3.48. The van der Waals surface area contributed by atoms with E-state index in [0.29, 0.717) is 0 Å². The Morgan fingerprint density at radius 3 is 2.53 bits per heavy atom. The minimum absolute atomic E-state index is 0.287. The van der Waals surface area contributed by atoms with E-state index in [9.17, 15) is 0 Å². The average molecular weight is 254 g/mol. The third-order valence-corrected chi connectivity index (χ3v) is 3.83. The molecule has 1 aromatic rings. The summed E-state index contributed by atoms with van der Waals surface area (Å²) in [6.07, 6.45) is 2.19. The Kier molecular flexibility index (Phi) is 5.48. The number of halogens is 1. The van der Waals surface area contributed by atoms with E-state index < -0.39 is 0 Å². The Bertz CT molecular complexity index is 362. The van der Waals surface area contributed by atoms with Gasteiger partial charge in [-0.25, -0.2) is 0 Å². The van der Waals surface area contributed by atoms with E-state index >= 15 is 0 Å². The van der Waals surface area contributed by atoms with Crippen molar-refractivity contribution in [1.82, 2.24) is 5.32 Å². The predicted molar refractivity (Wildman–Crippen MR) is 76.8 cm³/mol. The summed E-state index contributed by atoms with van der Waals surface area (Å²) < 4.78 is 0. The predicted octanol–water partition coefficient (Wildman–Crippen LogP) is 4.22. The number of aryl methyl sites for hydroxylation is 1. The largest absolute Gasteiger partial charge is 0.316 e. The standard InChI is InChI=1S/C15H24ClN/c1-5-15(4,11-17-6-2)10-13-8-7-12(3)9-14(13)16/h7-9,17H,5-6,10-11H2,1-4H3. The Labute approximate surface area is 111 Å². The SMILES string of the molecule is CCNCC(C)(CC)Cc1ccc(C)cc1Cl. The smallest absolute Gasteiger partial charge is 0.0440 e. The Balaban J connectivity index is 2.79. The molecule has 0 spiro atoms. The quantitative estimate of drug-likeness (QED) is 0.801. The lowest BCUT2D eigenvalue weighted by atomic mass is 9.81. The molecule has 17 heavy (non-hydrogen) atoms. The first kappa shape index (κ1) is 14.5. The lowest BCUT2D eigenvalue weighted by Gasteiger charge is -2.29. The summed E-state index contributed by atoms with van der Waals surface area (Å²) in [4.78, 5) is 0. The van der Waals surface area contributed by atoms with Crippen LogP contribution in [0.25, 0.3) is 0 Å². The van der Waals surface area contributed by atoms with Gasteiger partial charge in [-0.2, -0.15) is 0 Å². The zero-order valence-corrected chi connectivity index (χ0v) is 12.2. The van der Waals surface area contributed by atoms with Gasteiger partial charge in [-0.15, -0.1) is 0 Å². The van der Waals surface area contributed by atoms with Gasteiger partial charge in [0.1, 0.15) is 0 Å². The second-order valence-electron chi connectivity index (χ2n) is 5.22. The molecule has 0 saturated heterocycles. The molecule has 0 radical (unpaired) electrons. The fourth-order valence-electron chi connectivity index (χ4n) is 1.99. The van der Waals surface area contributed by atoms with Gasteiger partial charge < -0.3 is 5.32 Å². The molecule has 0 bridgehead atoms. The molecular weight excluding hydrogens is 230 g/mol. The summed E-state index contributed by atoms with van der Waals surface area (Å²) >= 11 is 6.31. The van der Waals surface area contributed by atoms with Crippen LogP contribution < -0.4 is 5.32 Å². The molecule has 1 N–H and O–H groups in total. The summed E-state index contributed by atoms with van der Waals surface area (Å²) in [5.74, 6) is 0. The highest BCUT2D eigenvalue weighted by atomic mass is 35.5. The summed E-state index contributed by atoms with van der Waals surface area (Å²) in [6.45, 7) is 10.9. The van der Waals surface area contributed by atoms with Crippen molar-refractivity contribution in [2.24, 2.45) is 5.41 Å². The van der Waals surface area contributed by atoms with E-state index in [1.165, 1.54) is 11.1 Å². The number of nitrogens with one attached hydrogen (secondary N) is 1. The molecular formula is C15H24ClN. The van der Waals surface area contributed by atoms with E-state index in [1.54, 1.807) is 0 Å². The highest BCUT2D eigenvalue weighted by Gasteiger charge is 2.22. The van der Waals surface area contributed by atoms with Crippen LogP contribution in [-0.4, -0.2) is 13.1 Å². The van der Waals surface area contributed by atoms with Crippen molar-refractivity contribution in [3.05, 3.63) is 34.3 Å². The zero-order chi connectivity index (χ0) is 12.9. The van der Waals surface area contributed by atoms with Gasteiger partial charge in [0.15, 0.2) is 0 Å². The van der Waals surface area contributed by atoms with Gasteiger partial charge in [0.2, 0.25) is 0 Å². The second-order valence-corrected chi connectivity index (χ2v) is 5.62. The fraction of sp³-hybridized carbons (Fsp3) is 0.600. The molecule has 1 nitrogen and oxygen atoms in total. The van der Waals surface area contributed by atoms with Crippen molar-refractivity contribution < 1.29 is 0 Å². The number of benzene rings is 1. The van der Waals surface area contributed by atoms with Crippen molar-refractivity contribution in [2.45, 2.75) is 40.5 Å². The van der Waals surface area contributed by atoms with Crippen LogP contribution in [0.2, 0.25) is 5.02 Å². The molecule has 0 amide bonds. The van der Waals surface area contributed by atoms with Crippen LogP contribution in [0.5, 0.6) is 0 Å². The first-order valence-corrected chi connectivity index (χ1v) is 6.84. The van der Waals surface area contributed by atoms with Crippen LogP contribution in [0.15, 0.2) is 18.2 Å². The number of hydrogen-bond acceptors (Lipinski definition) is 1. The minimum Gasteiger partial charge on any atom is -0.316 e. The van der Waals surface area contributed by atoms with Crippen LogP contribution in [-0.2, 0) is 6.42 Å². The normalized spacial score (nSPS) is 14.6. The monoisotopic (exact) mass is 253 g/mol. The summed E-state index contributed by atoms with van der Waals surface area (Å²) in [7, 11) is 0. The lowest BCUT2D eigenvalue weighted by Crippen LogP contribution is -2.33. The zero-order valence-electron chi connectivity index (χ0n) is 11.4. The number of rotatable bonds is 6. The maximum atomic E-state index is 6.31. The Hall–Kier alpha value is -0.530. The molecule has 0 aromatic heterocycles. The maximum Gasteiger partial charge on any atom is 0.0440 e. The van der Waals surface area contributed by atoms with Gasteiger partial charge in [-0.05, 0) is 48.9 Å². The van der Waals surface area contributed by atoms with Crippen LogP contribution in [0.4, 0.5) is 0 Å². The molecule has 0 aliphatic heterocycles. The lowest BCUT2D eigenvalue weighted by molar-refractivity contribution is 0.293. The molecule has 2 heteroatoms. The second kappa shape index (κ2) is 6.42. The Morgan fingerprint density at radius 2 is 2.00 bits per heavy atom. The van der Waals surface area contributed by atoms with Gasteiger partial charge in [-0.3, -0.25) is 0 Å². The molecule has 96 valence electrons. The van der Waals surface area contributed by atoms with E-state index in [-0.39, 0.29) is 5.41 Å². The van der Waals surface area contributed by atoms with Crippen LogP contribution in [0, 0.1) is 12.3 Å². The van der Waals surface area contributed by atoms with Gasteiger partial charge in [0.05, 0.1) is 0 Å². The third kappa shape index (κ3) is 4.33. The average Bonchev–Trinajstić information content (AvgIpc) is 2.30. The molecule has 1 rings (SSSR count). The van der Waals surface area contributed by atoms with Crippen LogP contribution >= 0.6 is 11.6 Å². The van der Waals surface area contributed by atoms with Crippen molar-refractivity contribution in [3.8, 4) is 0 Å². The van der Waals surface area contributed by atoms with Crippen LogP contribution in [0.3, 0.4) is 0 Å². The summed E-state index contributed by atoms with van der Waals surface area (Å²) in [5.41, 5.74) is 2.78. The molecule has 1 unspecified atom stereocenters. The van der Waals surface area contributed by atoms with Gasteiger partial charge in [0, 0.05) is 11.6 Å². The molecule has 1 aromatic carbocycles. The molecule has 1 atom stereocenters. The maximum absolute atomic E-state index is 6.31. The van der Waals surface area contributed by atoms with Gasteiger partial charge in [-0.1, -0.05) is 44.5 Å². The van der Waals surface area contributed by atoms with Crippen molar-refractivity contribution >= 4 is 11.6 Å². The van der Waals surface area contributed by atoms with Gasteiger partial charge >= 0.3 is 0 Å². The van der Waals surface area contributed by atoms with Crippen LogP contribution in [0.1, 0.15) is 38.3 Å². The molecule has 0 saturated carbocycles. The molecule has 0 heterocycles. The van der Waals surface area contributed by atoms with E-state index in [2.05, 4.69) is 51.2 Å². The van der Waals surface area contributed by atoms with E-state index in [4.69, 9.17) is 11.6 Å². The topological polar surface area (TPSA) is 12.0 Å². The summed E-state index contributed by atoms with van der Waals surface area (Å²) in [6, 6.07) is 6.36. The van der Waals surface area contributed by atoms with Gasteiger partial charge in [0.25, 0.3) is 0 Å². The first-order valence-electron chi connectivity index (χ1n) is 6.46. The van der Waals surface area contributed by atoms with Crippen molar-refractivity contribution in [1.29, 1.82) is 0 Å². The highest BCUT2D eigenvalue weighted by Crippen LogP contribution is 2.29. The first-order chi connectivity index (χ1) is 8.00. The number of hydrogen-bond donors (Lipinski definition) is 1. The summed E-state index contributed by atoms with van der Waals surface area (Å²) in [5, 5.41) is 4.35. The fourth-order valence-corrected chi connectivity index (χ4v) is 2.30. The molecule has 0 fully saturated rings. The van der Waals surface area contributed by atoms with E-state index in [0.717, 1.165) is 31.0 Å². The minimum atomic E-state index is 0.287. The Morgan fingerprint density at radius 1 is 1.29 bits per heavy atom. The molecule has 0 aliphatic carbocycles. The van der Waals surface area contributed by atoms with E-state index in [1.807, 2.05) is 0 Å². The highest BCUT2D eigenvalue weighted by molar-refractivity contribution is 6.31. The molecule has 0 aliphatic rings. The van der Waals surface area contributed by atoms with Crippen molar-refractivity contribution in [3.63, 3.8) is 0 Å².